The zero-order valence-electron chi connectivity index (χ0n) is 7.29. The second-order valence-corrected chi connectivity index (χ2v) is 5.68. The Morgan fingerprint density at radius 3 is 2.12 bits per heavy atom. The molecule has 9 heteroatoms. The molecule has 16 heavy (non-hydrogen) atoms. The van der Waals surface area contributed by atoms with Crippen LogP contribution in [-0.4, -0.2) is 12.1 Å². The predicted octanol–water partition coefficient (Wildman–Crippen LogP) is 4.36. The summed E-state index contributed by atoms with van der Waals surface area (Å²) in [6, 6.07) is -1.47. The molecule has 1 aromatic rings. The van der Waals surface area contributed by atoms with Gasteiger partial charge in [-0.25, -0.2) is 0 Å². The van der Waals surface area contributed by atoms with Gasteiger partial charge in [-0.1, -0.05) is 11.6 Å². The molecular formula is C7H4BrClF5NS. The van der Waals surface area contributed by atoms with Crippen molar-refractivity contribution in [2.45, 2.75) is 18.1 Å². The van der Waals surface area contributed by atoms with Crippen LogP contribution in [0.5, 0.6) is 0 Å². The Bertz CT molecular complexity index is 371. The Labute approximate surface area is 105 Å². The van der Waals surface area contributed by atoms with E-state index in [2.05, 4.69) is 15.9 Å². The number of thiophene rings is 1. The standard InChI is InChI=1S/C7H4BrClF5NS/c8-5-2(9)1-3(16-5)4(15)6(10,11)7(12,13)14/h1,4H,15H2. The highest BCUT2D eigenvalue weighted by atomic mass is 79.9. The first kappa shape index (κ1) is 14.1. The first-order valence-electron chi connectivity index (χ1n) is 3.72. The highest BCUT2D eigenvalue weighted by molar-refractivity contribution is 9.11. The van der Waals surface area contributed by atoms with Gasteiger partial charge >= 0.3 is 12.1 Å². The van der Waals surface area contributed by atoms with Crippen LogP contribution in [0, 0.1) is 0 Å². The molecule has 1 aromatic heterocycles. The number of halogens is 7. The molecule has 0 aromatic carbocycles. The molecule has 1 atom stereocenters. The van der Waals surface area contributed by atoms with E-state index in [-0.39, 0.29) is 13.7 Å². The molecule has 1 rings (SSSR count). The lowest BCUT2D eigenvalue weighted by Gasteiger charge is -2.24. The average molecular weight is 345 g/mol. The molecule has 1 nitrogen and oxygen atoms in total. The maximum Gasteiger partial charge on any atom is 0.455 e. The molecule has 0 fully saturated rings. The van der Waals surface area contributed by atoms with Gasteiger partial charge in [0.1, 0.15) is 6.04 Å². The van der Waals surface area contributed by atoms with Gasteiger partial charge in [0.05, 0.1) is 8.81 Å². The minimum absolute atomic E-state index is 0.0495. The van der Waals surface area contributed by atoms with Crippen LogP contribution in [0.25, 0.3) is 0 Å². The van der Waals surface area contributed by atoms with Crippen LogP contribution in [0.4, 0.5) is 22.0 Å². The van der Waals surface area contributed by atoms with E-state index >= 15 is 0 Å². The molecule has 1 unspecified atom stereocenters. The molecule has 1 heterocycles. The van der Waals surface area contributed by atoms with Gasteiger partial charge < -0.3 is 5.73 Å². The Kier molecular flexibility index (Phi) is 3.88. The molecule has 92 valence electrons. The first-order chi connectivity index (χ1) is 7.07. The topological polar surface area (TPSA) is 26.0 Å². The predicted molar refractivity (Wildman–Crippen MR) is 55.0 cm³/mol. The van der Waals surface area contributed by atoms with Crippen LogP contribution in [0.15, 0.2) is 9.85 Å². The molecule has 0 aliphatic rings. The van der Waals surface area contributed by atoms with E-state index in [1.165, 1.54) is 0 Å². The van der Waals surface area contributed by atoms with E-state index in [4.69, 9.17) is 17.3 Å². The fourth-order valence-corrected chi connectivity index (χ4v) is 2.66. The SMILES string of the molecule is NC(c1cc(Cl)c(Br)s1)C(F)(F)C(F)(F)F. The van der Waals surface area contributed by atoms with Crippen molar-refractivity contribution >= 4 is 38.9 Å². The van der Waals surface area contributed by atoms with Gasteiger partial charge in [-0.05, 0) is 22.0 Å². The lowest BCUT2D eigenvalue weighted by Crippen LogP contribution is -2.45. The Morgan fingerprint density at radius 2 is 1.81 bits per heavy atom. The Hall–Kier alpha value is 0.0800. The molecule has 0 bridgehead atoms. The molecular weight excluding hydrogens is 340 g/mol. The third-order valence-corrected chi connectivity index (χ3v) is 4.30. The second-order valence-electron chi connectivity index (χ2n) is 2.87. The zero-order chi connectivity index (χ0) is 12.7. The van der Waals surface area contributed by atoms with Gasteiger partial charge in [0, 0.05) is 4.88 Å². The van der Waals surface area contributed by atoms with Crippen LogP contribution in [0.1, 0.15) is 10.9 Å². The van der Waals surface area contributed by atoms with Crippen molar-refractivity contribution in [3.63, 3.8) is 0 Å². The number of alkyl halides is 5. The summed E-state index contributed by atoms with van der Waals surface area (Å²) in [6.07, 6.45) is -5.69. The molecule has 2 N–H and O–H groups in total. The molecule has 0 spiro atoms. The summed E-state index contributed by atoms with van der Waals surface area (Å²) in [6.45, 7) is 0. The quantitative estimate of drug-likeness (QED) is 0.793. The smallest absolute Gasteiger partial charge is 0.318 e. The molecule has 0 aliphatic heterocycles. The summed E-state index contributed by atoms with van der Waals surface area (Å²) in [7, 11) is 0. The maximum absolute atomic E-state index is 12.8. The van der Waals surface area contributed by atoms with E-state index < -0.39 is 18.1 Å². The third kappa shape index (κ3) is 2.49. The van der Waals surface area contributed by atoms with Crippen LogP contribution < -0.4 is 5.73 Å². The highest BCUT2D eigenvalue weighted by Crippen LogP contribution is 2.46. The van der Waals surface area contributed by atoms with Crippen molar-refractivity contribution in [2.24, 2.45) is 5.73 Å². The molecule has 0 aliphatic carbocycles. The van der Waals surface area contributed by atoms with Crippen LogP contribution in [0.2, 0.25) is 5.02 Å². The molecule has 0 saturated carbocycles. The Morgan fingerprint density at radius 1 is 1.31 bits per heavy atom. The molecule has 0 radical (unpaired) electrons. The van der Waals surface area contributed by atoms with Crippen LogP contribution in [-0.2, 0) is 0 Å². The van der Waals surface area contributed by atoms with Crippen molar-refractivity contribution in [1.29, 1.82) is 0 Å². The van der Waals surface area contributed by atoms with Crippen molar-refractivity contribution in [2.75, 3.05) is 0 Å². The van der Waals surface area contributed by atoms with E-state index in [0.717, 1.165) is 6.07 Å². The average Bonchev–Trinajstić information content (AvgIpc) is 2.43. The molecule has 0 amide bonds. The van der Waals surface area contributed by atoms with Crippen molar-refractivity contribution < 1.29 is 22.0 Å². The summed E-state index contributed by atoms with van der Waals surface area (Å²) in [5, 5.41) is 0.0495. The molecule has 0 saturated heterocycles. The summed E-state index contributed by atoms with van der Waals surface area (Å²) >= 11 is 9.07. The Balaban J connectivity index is 3.07. The van der Waals surface area contributed by atoms with E-state index in [1.807, 2.05) is 0 Å². The summed E-state index contributed by atoms with van der Waals surface area (Å²) in [5.41, 5.74) is 4.90. The zero-order valence-corrected chi connectivity index (χ0v) is 10.4. The van der Waals surface area contributed by atoms with Gasteiger partial charge in [-0.15, -0.1) is 11.3 Å². The summed E-state index contributed by atoms with van der Waals surface area (Å²) < 4.78 is 62.0. The van der Waals surface area contributed by atoms with Crippen molar-refractivity contribution in [3.05, 3.63) is 19.8 Å². The van der Waals surface area contributed by atoms with E-state index in [9.17, 15) is 22.0 Å². The van der Waals surface area contributed by atoms with Crippen molar-refractivity contribution in [1.82, 2.24) is 0 Å². The van der Waals surface area contributed by atoms with Gasteiger partial charge in [0.25, 0.3) is 0 Å². The second kappa shape index (κ2) is 4.40. The van der Waals surface area contributed by atoms with E-state index in [0.29, 0.717) is 11.3 Å². The van der Waals surface area contributed by atoms with Gasteiger partial charge in [0.2, 0.25) is 0 Å². The van der Waals surface area contributed by atoms with Crippen molar-refractivity contribution in [3.8, 4) is 0 Å². The number of hydrogen-bond donors (Lipinski definition) is 1. The number of rotatable bonds is 2. The largest absolute Gasteiger partial charge is 0.455 e. The monoisotopic (exact) mass is 343 g/mol. The maximum atomic E-state index is 12.8. The number of hydrogen-bond acceptors (Lipinski definition) is 2. The van der Waals surface area contributed by atoms with Crippen LogP contribution in [0.3, 0.4) is 0 Å². The lowest BCUT2D eigenvalue weighted by molar-refractivity contribution is -0.290. The lowest BCUT2D eigenvalue weighted by atomic mass is 10.1. The number of nitrogens with two attached hydrogens (primary N) is 1. The fraction of sp³-hybridized carbons (Fsp3) is 0.429. The van der Waals surface area contributed by atoms with Crippen LogP contribution >= 0.6 is 38.9 Å². The minimum atomic E-state index is -5.69. The normalized spacial score (nSPS) is 15.2. The highest BCUT2D eigenvalue weighted by Gasteiger charge is 2.62. The van der Waals surface area contributed by atoms with Gasteiger partial charge in [-0.2, -0.15) is 22.0 Å². The summed E-state index contributed by atoms with van der Waals surface area (Å²) in [5.74, 6) is -4.99. The minimum Gasteiger partial charge on any atom is -0.318 e. The van der Waals surface area contributed by atoms with Gasteiger partial charge in [-0.3, -0.25) is 0 Å². The summed E-state index contributed by atoms with van der Waals surface area (Å²) in [4.78, 5) is -0.334. The first-order valence-corrected chi connectivity index (χ1v) is 5.71. The third-order valence-electron chi connectivity index (χ3n) is 1.74. The fourth-order valence-electron chi connectivity index (χ4n) is 0.872. The van der Waals surface area contributed by atoms with E-state index in [1.54, 1.807) is 0 Å². The van der Waals surface area contributed by atoms with Gasteiger partial charge in [0.15, 0.2) is 0 Å².